The van der Waals surface area contributed by atoms with Crippen LogP contribution in [0.1, 0.15) is 46.5 Å². The Labute approximate surface area is 219 Å². The number of ether oxygens (including phenoxy) is 1. The summed E-state index contributed by atoms with van der Waals surface area (Å²) in [5, 5.41) is 2.80. The first-order valence-electron chi connectivity index (χ1n) is 12.6. The zero-order valence-electron chi connectivity index (χ0n) is 20.9. The molecule has 0 aliphatic carbocycles. The predicted molar refractivity (Wildman–Crippen MR) is 136 cm³/mol. The first kappa shape index (κ1) is 25.7. The van der Waals surface area contributed by atoms with Crippen LogP contribution in [0.15, 0.2) is 59.2 Å². The smallest absolute Gasteiger partial charge is 0.410 e. The largest absolute Gasteiger partial charge is 0.467 e. The average Bonchev–Trinajstić information content (AvgIpc) is 3.42. The number of carbonyl (C=O) groups is 2. The summed E-state index contributed by atoms with van der Waals surface area (Å²) in [6, 6.07) is 12.9. The normalized spacial score (nSPS) is 17.4. The molecule has 10 heteroatoms. The highest BCUT2D eigenvalue weighted by molar-refractivity contribution is 5.94. The quantitative estimate of drug-likeness (QED) is 0.443. The minimum atomic E-state index is -0.648. The third-order valence-corrected chi connectivity index (χ3v) is 7.30. The molecule has 2 aliphatic heterocycles. The molecule has 0 unspecified atom stereocenters. The molecule has 0 atom stereocenters. The Morgan fingerprint density at radius 2 is 1.68 bits per heavy atom. The molecule has 2 aromatic carbocycles. The minimum Gasteiger partial charge on any atom is -0.467 e. The molecule has 2 aliphatic rings. The van der Waals surface area contributed by atoms with Gasteiger partial charge in [-0.15, -0.1) is 0 Å². The SMILES string of the molecule is Nc1cc(F)c(CN2CCC3(CC2)CCN(Cc2ccc(C(=O)NCc4ccco4)cc2)C(=O)O3)c(F)c1. The van der Waals surface area contributed by atoms with Gasteiger partial charge in [0, 0.05) is 68.8 Å². The molecule has 3 aromatic rings. The fourth-order valence-electron chi connectivity index (χ4n) is 5.01. The van der Waals surface area contributed by atoms with E-state index in [1.165, 1.54) is 0 Å². The number of anilines is 1. The fraction of sp³-hybridized carbons (Fsp3) is 0.357. The van der Waals surface area contributed by atoms with Crippen molar-refractivity contribution >= 4 is 17.7 Å². The van der Waals surface area contributed by atoms with Crippen molar-refractivity contribution in [2.75, 3.05) is 25.4 Å². The van der Waals surface area contributed by atoms with Gasteiger partial charge in [-0.3, -0.25) is 9.69 Å². The zero-order valence-corrected chi connectivity index (χ0v) is 20.9. The molecule has 2 amide bonds. The number of furan rings is 1. The summed E-state index contributed by atoms with van der Waals surface area (Å²) in [7, 11) is 0. The topological polar surface area (TPSA) is 101 Å². The van der Waals surface area contributed by atoms with Crippen molar-refractivity contribution in [3.8, 4) is 0 Å². The number of nitrogens with zero attached hydrogens (tertiary/aromatic N) is 2. The lowest BCUT2D eigenvalue weighted by Gasteiger charge is -2.46. The molecular weight excluding hydrogens is 494 g/mol. The van der Waals surface area contributed by atoms with Gasteiger partial charge in [-0.2, -0.15) is 0 Å². The van der Waals surface area contributed by atoms with Crippen molar-refractivity contribution in [1.29, 1.82) is 0 Å². The molecular formula is C28H30F2N4O4. The second-order valence-corrected chi connectivity index (χ2v) is 9.92. The van der Waals surface area contributed by atoms with Crippen LogP contribution in [-0.4, -0.2) is 47.0 Å². The third-order valence-electron chi connectivity index (χ3n) is 7.30. The van der Waals surface area contributed by atoms with E-state index in [2.05, 4.69) is 5.32 Å². The summed E-state index contributed by atoms with van der Waals surface area (Å²) in [5.41, 5.74) is 6.42. The Hall–Kier alpha value is -3.92. The number of nitrogen functional groups attached to an aromatic ring is 1. The summed E-state index contributed by atoms with van der Waals surface area (Å²) in [6.07, 6.45) is 3.07. The maximum absolute atomic E-state index is 14.2. The molecule has 8 nitrogen and oxygen atoms in total. The Morgan fingerprint density at radius 3 is 2.32 bits per heavy atom. The van der Waals surface area contributed by atoms with Crippen LogP contribution >= 0.6 is 0 Å². The van der Waals surface area contributed by atoms with E-state index < -0.39 is 17.2 Å². The first-order chi connectivity index (χ1) is 18.3. The maximum atomic E-state index is 14.2. The highest BCUT2D eigenvalue weighted by atomic mass is 19.1. The van der Waals surface area contributed by atoms with Crippen LogP contribution in [0.5, 0.6) is 0 Å². The average molecular weight is 525 g/mol. The molecule has 2 fully saturated rings. The van der Waals surface area contributed by atoms with Crippen LogP contribution in [0.3, 0.4) is 0 Å². The lowest BCUT2D eigenvalue weighted by molar-refractivity contribution is -0.0833. The number of carbonyl (C=O) groups excluding carboxylic acids is 2. The molecule has 3 N–H and O–H groups in total. The van der Waals surface area contributed by atoms with Crippen molar-refractivity contribution in [1.82, 2.24) is 15.1 Å². The Balaban J connectivity index is 1.10. The molecule has 0 saturated carbocycles. The van der Waals surface area contributed by atoms with Crippen LogP contribution < -0.4 is 11.1 Å². The van der Waals surface area contributed by atoms with E-state index in [9.17, 15) is 18.4 Å². The van der Waals surface area contributed by atoms with E-state index >= 15 is 0 Å². The van der Waals surface area contributed by atoms with E-state index in [0.717, 1.165) is 17.7 Å². The van der Waals surface area contributed by atoms with Gasteiger partial charge in [0.15, 0.2) is 0 Å². The van der Waals surface area contributed by atoms with Gasteiger partial charge in [0.1, 0.15) is 23.0 Å². The van der Waals surface area contributed by atoms with Crippen molar-refractivity contribution in [3.05, 3.63) is 88.9 Å². The van der Waals surface area contributed by atoms with Crippen molar-refractivity contribution in [2.45, 2.75) is 44.5 Å². The Bertz CT molecular complexity index is 1270. The van der Waals surface area contributed by atoms with Crippen LogP contribution in [0.4, 0.5) is 19.3 Å². The molecule has 0 bridgehead atoms. The lowest BCUT2D eigenvalue weighted by Crippen LogP contribution is -2.54. The lowest BCUT2D eigenvalue weighted by atomic mass is 9.86. The van der Waals surface area contributed by atoms with Crippen LogP contribution in [-0.2, 0) is 24.4 Å². The molecule has 2 saturated heterocycles. The molecule has 200 valence electrons. The van der Waals surface area contributed by atoms with Crippen LogP contribution in [0.25, 0.3) is 0 Å². The number of halogens is 2. The van der Waals surface area contributed by atoms with Crippen LogP contribution in [0, 0.1) is 11.6 Å². The van der Waals surface area contributed by atoms with Crippen molar-refractivity contribution < 1.29 is 27.5 Å². The van der Waals surface area contributed by atoms with Gasteiger partial charge < -0.3 is 25.1 Å². The van der Waals surface area contributed by atoms with E-state index in [-0.39, 0.29) is 29.8 Å². The second kappa shape index (κ2) is 10.8. The van der Waals surface area contributed by atoms with E-state index in [4.69, 9.17) is 14.9 Å². The van der Waals surface area contributed by atoms with Gasteiger partial charge in [-0.1, -0.05) is 12.1 Å². The van der Waals surface area contributed by atoms with Gasteiger partial charge in [0.05, 0.1) is 12.8 Å². The van der Waals surface area contributed by atoms with Gasteiger partial charge in [0.2, 0.25) is 0 Å². The number of likely N-dealkylation sites (tertiary alicyclic amines) is 1. The molecule has 5 rings (SSSR count). The molecule has 3 heterocycles. The molecule has 38 heavy (non-hydrogen) atoms. The summed E-state index contributed by atoms with van der Waals surface area (Å²) < 4.78 is 39.5. The van der Waals surface area contributed by atoms with Crippen molar-refractivity contribution in [3.63, 3.8) is 0 Å². The molecule has 1 spiro atoms. The van der Waals surface area contributed by atoms with Crippen LogP contribution in [0.2, 0.25) is 0 Å². The standard InChI is InChI=1S/C28H30F2N4O4/c29-24-14-21(31)15-25(30)23(24)18-33-10-7-28(8-11-33)9-12-34(27(36)38-28)17-19-3-5-20(6-4-19)26(35)32-16-22-2-1-13-37-22/h1-6,13-15H,7-12,16-18,31H2,(H,32,35). The zero-order chi connectivity index (χ0) is 26.7. The fourth-order valence-corrected chi connectivity index (χ4v) is 5.01. The van der Waals surface area contributed by atoms with E-state index in [1.807, 2.05) is 17.0 Å². The first-order valence-corrected chi connectivity index (χ1v) is 12.6. The summed E-state index contributed by atoms with van der Waals surface area (Å²) in [4.78, 5) is 28.8. The maximum Gasteiger partial charge on any atom is 0.410 e. The Kier molecular flexibility index (Phi) is 7.33. The minimum absolute atomic E-state index is 0.00277. The number of hydrogen-bond acceptors (Lipinski definition) is 6. The molecule has 1 aromatic heterocycles. The molecule has 0 radical (unpaired) electrons. The number of nitrogens with one attached hydrogen (secondary N) is 1. The van der Waals surface area contributed by atoms with E-state index in [0.29, 0.717) is 63.3 Å². The Morgan fingerprint density at radius 1 is 1.00 bits per heavy atom. The summed E-state index contributed by atoms with van der Waals surface area (Å²) >= 11 is 0. The van der Waals surface area contributed by atoms with E-state index in [1.54, 1.807) is 35.4 Å². The number of benzene rings is 2. The van der Waals surface area contributed by atoms with Gasteiger partial charge in [-0.05, 0) is 42.0 Å². The number of piperidine rings is 1. The monoisotopic (exact) mass is 524 g/mol. The van der Waals surface area contributed by atoms with Gasteiger partial charge >= 0.3 is 6.09 Å². The number of hydrogen-bond donors (Lipinski definition) is 2. The number of nitrogens with two attached hydrogens (primary N) is 1. The predicted octanol–water partition coefficient (Wildman–Crippen LogP) is 4.45. The van der Waals surface area contributed by atoms with Gasteiger partial charge in [-0.25, -0.2) is 13.6 Å². The second-order valence-electron chi connectivity index (χ2n) is 9.92. The van der Waals surface area contributed by atoms with Gasteiger partial charge in [0.25, 0.3) is 5.91 Å². The van der Waals surface area contributed by atoms with Crippen molar-refractivity contribution in [2.24, 2.45) is 0 Å². The third kappa shape index (κ3) is 5.80. The number of rotatable bonds is 7. The summed E-state index contributed by atoms with van der Waals surface area (Å²) in [5.74, 6) is -0.831. The summed E-state index contributed by atoms with van der Waals surface area (Å²) in [6.45, 7) is 2.52. The highest BCUT2D eigenvalue weighted by Gasteiger charge is 2.43. The number of amides is 2. The highest BCUT2D eigenvalue weighted by Crippen LogP contribution is 2.35.